The number of ketones is 2. The normalized spacial score (nSPS) is 36.5. The predicted molar refractivity (Wildman–Crippen MR) is 48.9 cm³/mol. The zero-order valence-corrected chi connectivity index (χ0v) is 8.48. The lowest BCUT2D eigenvalue weighted by Crippen LogP contribution is -2.61. The molecule has 3 N–H and O–H groups in total. The first kappa shape index (κ1) is 11.8. The fourth-order valence-corrected chi connectivity index (χ4v) is 1.58. The third-order valence-electron chi connectivity index (χ3n) is 2.37. The zero-order chi connectivity index (χ0) is 11.8. The molecule has 0 spiro atoms. The van der Waals surface area contributed by atoms with Crippen LogP contribution in [0.4, 0.5) is 0 Å². The second-order valence-corrected chi connectivity index (χ2v) is 3.90. The SMILES string of the molecule is CC(=O)NC1C[C@](C)(O)C(=O)[C@@H](O)C1=O. The molecular weight excluding hydrogens is 202 g/mol. The van der Waals surface area contributed by atoms with E-state index in [2.05, 4.69) is 5.32 Å². The second-order valence-electron chi connectivity index (χ2n) is 3.90. The highest BCUT2D eigenvalue weighted by Gasteiger charge is 2.48. The molecule has 1 aliphatic rings. The molecule has 0 aromatic rings. The number of hydrogen-bond donors (Lipinski definition) is 3. The summed E-state index contributed by atoms with van der Waals surface area (Å²) in [6.45, 7) is 2.42. The van der Waals surface area contributed by atoms with Crippen LogP contribution in [-0.2, 0) is 14.4 Å². The Bertz CT molecular complexity index is 322. The summed E-state index contributed by atoms with van der Waals surface area (Å²) in [4.78, 5) is 33.4. The Morgan fingerprint density at radius 3 is 2.53 bits per heavy atom. The Kier molecular flexibility index (Phi) is 2.92. The summed E-state index contributed by atoms with van der Waals surface area (Å²) in [5.74, 6) is -2.15. The quantitative estimate of drug-likeness (QED) is 0.445. The van der Waals surface area contributed by atoms with Gasteiger partial charge in [0.25, 0.3) is 0 Å². The molecule has 0 radical (unpaired) electrons. The van der Waals surface area contributed by atoms with Crippen molar-refractivity contribution in [1.82, 2.24) is 5.32 Å². The monoisotopic (exact) mass is 215 g/mol. The lowest BCUT2D eigenvalue weighted by atomic mass is 9.79. The van der Waals surface area contributed by atoms with Gasteiger partial charge in [0.05, 0.1) is 6.04 Å². The molecule has 1 amide bonds. The van der Waals surface area contributed by atoms with E-state index < -0.39 is 35.2 Å². The summed E-state index contributed by atoms with van der Waals surface area (Å²) >= 11 is 0. The zero-order valence-electron chi connectivity index (χ0n) is 8.48. The number of amides is 1. The van der Waals surface area contributed by atoms with Gasteiger partial charge in [-0.2, -0.15) is 0 Å². The Balaban J connectivity index is 2.89. The van der Waals surface area contributed by atoms with Crippen LogP contribution >= 0.6 is 0 Å². The lowest BCUT2D eigenvalue weighted by molar-refractivity contribution is -0.159. The number of rotatable bonds is 1. The summed E-state index contributed by atoms with van der Waals surface area (Å²) in [5.41, 5.74) is -1.78. The summed E-state index contributed by atoms with van der Waals surface area (Å²) in [7, 11) is 0. The molecule has 0 heterocycles. The fraction of sp³-hybridized carbons (Fsp3) is 0.667. The smallest absolute Gasteiger partial charge is 0.217 e. The molecule has 6 heteroatoms. The topological polar surface area (TPSA) is 104 Å². The van der Waals surface area contributed by atoms with Crippen LogP contribution < -0.4 is 5.32 Å². The molecule has 3 atom stereocenters. The molecule has 1 unspecified atom stereocenters. The molecule has 0 saturated heterocycles. The molecular formula is C9H13NO5. The van der Waals surface area contributed by atoms with Gasteiger partial charge in [0.15, 0.2) is 17.7 Å². The first-order valence-electron chi connectivity index (χ1n) is 4.51. The highest BCUT2D eigenvalue weighted by Crippen LogP contribution is 2.23. The van der Waals surface area contributed by atoms with E-state index in [1.54, 1.807) is 0 Å². The third kappa shape index (κ3) is 2.21. The molecule has 15 heavy (non-hydrogen) atoms. The summed E-state index contributed by atoms with van der Waals surface area (Å²) in [5, 5.41) is 21.1. The summed E-state index contributed by atoms with van der Waals surface area (Å²) in [6.07, 6.45) is -2.06. The van der Waals surface area contributed by atoms with Crippen LogP contribution in [0.25, 0.3) is 0 Å². The van der Waals surface area contributed by atoms with Crippen LogP contribution in [0.5, 0.6) is 0 Å². The maximum Gasteiger partial charge on any atom is 0.217 e. The largest absolute Gasteiger partial charge is 0.382 e. The van der Waals surface area contributed by atoms with E-state index in [9.17, 15) is 24.6 Å². The van der Waals surface area contributed by atoms with E-state index in [-0.39, 0.29) is 6.42 Å². The molecule has 1 rings (SSSR count). The Labute approximate surface area is 86.3 Å². The van der Waals surface area contributed by atoms with Gasteiger partial charge in [0.1, 0.15) is 5.60 Å². The molecule has 0 aromatic carbocycles. The maximum absolute atomic E-state index is 11.4. The van der Waals surface area contributed by atoms with Gasteiger partial charge in [-0.15, -0.1) is 0 Å². The van der Waals surface area contributed by atoms with Crippen LogP contribution in [0.15, 0.2) is 0 Å². The van der Waals surface area contributed by atoms with E-state index in [0.29, 0.717) is 0 Å². The number of hydrogen-bond acceptors (Lipinski definition) is 5. The highest BCUT2D eigenvalue weighted by atomic mass is 16.3. The molecule has 0 aliphatic heterocycles. The van der Waals surface area contributed by atoms with Crippen LogP contribution in [-0.4, -0.2) is 45.4 Å². The minimum atomic E-state index is -1.86. The van der Waals surface area contributed by atoms with Gasteiger partial charge in [-0.25, -0.2) is 0 Å². The van der Waals surface area contributed by atoms with Gasteiger partial charge in [-0.3, -0.25) is 14.4 Å². The molecule has 84 valence electrons. The van der Waals surface area contributed by atoms with Crippen molar-refractivity contribution in [1.29, 1.82) is 0 Å². The Hall–Kier alpha value is -1.27. The predicted octanol–water partition coefficient (Wildman–Crippen LogP) is -1.86. The van der Waals surface area contributed by atoms with Crippen LogP contribution in [0.2, 0.25) is 0 Å². The van der Waals surface area contributed by atoms with Crippen molar-refractivity contribution in [2.24, 2.45) is 0 Å². The Morgan fingerprint density at radius 2 is 2.07 bits per heavy atom. The van der Waals surface area contributed by atoms with E-state index in [4.69, 9.17) is 0 Å². The first-order valence-corrected chi connectivity index (χ1v) is 4.51. The summed E-state index contributed by atoms with van der Waals surface area (Å²) < 4.78 is 0. The molecule has 0 aromatic heterocycles. The van der Waals surface area contributed by atoms with Gasteiger partial charge in [-0.1, -0.05) is 0 Å². The molecule has 0 bridgehead atoms. The first-order chi connectivity index (χ1) is 6.75. The van der Waals surface area contributed by atoms with Crippen molar-refractivity contribution in [3.63, 3.8) is 0 Å². The van der Waals surface area contributed by atoms with Gasteiger partial charge >= 0.3 is 0 Å². The summed E-state index contributed by atoms with van der Waals surface area (Å²) in [6, 6.07) is -1.01. The number of Topliss-reactive ketones (excluding diaryl/α,β-unsaturated/α-hetero) is 2. The number of carbonyl (C=O) groups excluding carboxylic acids is 3. The fourth-order valence-electron chi connectivity index (χ4n) is 1.58. The number of nitrogens with one attached hydrogen (secondary N) is 1. The molecule has 1 fully saturated rings. The average Bonchev–Trinajstić information content (AvgIpc) is 2.10. The van der Waals surface area contributed by atoms with Crippen molar-refractivity contribution >= 4 is 17.5 Å². The molecule has 1 saturated carbocycles. The van der Waals surface area contributed by atoms with Gasteiger partial charge < -0.3 is 15.5 Å². The molecule has 1 aliphatic carbocycles. The van der Waals surface area contributed by atoms with E-state index in [0.717, 1.165) is 0 Å². The van der Waals surface area contributed by atoms with Crippen LogP contribution in [0, 0.1) is 0 Å². The standard InChI is InChI=1S/C9H13NO5/c1-4(11)10-5-3-9(2,15)8(14)7(13)6(5)12/h5,7,13,15H,3H2,1-2H3,(H,10,11)/t5?,7-,9-/m0/s1. The number of carbonyl (C=O) groups is 3. The third-order valence-corrected chi connectivity index (χ3v) is 2.37. The second kappa shape index (κ2) is 3.71. The number of aliphatic hydroxyl groups is 2. The van der Waals surface area contributed by atoms with Gasteiger partial charge in [-0.05, 0) is 6.92 Å². The van der Waals surface area contributed by atoms with Crippen LogP contribution in [0.3, 0.4) is 0 Å². The van der Waals surface area contributed by atoms with Crippen molar-refractivity contribution in [3.8, 4) is 0 Å². The lowest BCUT2D eigenvalue weighted by Gasteiger charge is -2.34. The van der Waals surface area contributed by atoms with Crippen LogP contribution in [0.1, 0.15) is 20.3 Å². The van der Waals surface area contributed by atoms with E-state index >= 15 is 0 Å². The van der Waals surface area contributed by atoms with E-state index in [1.165, 1.54) is 13.8 Å². The number of aliphatic hydroxyl groups excluding tert-OH is 1. The minimum absolute atomic E-state index is 0.207. The Morgan fingerprint density at radius 1 is 1.53 bits per heavy atom. The van der Waals surface area contributed by atoms with E-state index in [1.807, 2.05) is 0 Å². The van der Waals surface area contributed by atoms with Gasteiger partial charge in [0, 0.05) is 13.3 Å². The van der Waals surface area contributed by atoms with Gasteiger partial charge in [0.2, 0.25) is 5.91 Å². The van der Waals surface area contributed by atoms with Crippen molar-refractivity contribution in [3.05, 3.63) is 0 Å². The maximum atomic E-state index is 11.4. The minimum Gasteiger partial charge on any atom is -0.382 e. The molecule has 6 nitrogen and oxygen atoms in total. The van der Waals surface area contributed by atoms with Crippen molar-refractivity contribution < 1.29 is 24.6 Å². The average molecular weight is 215 g/mol. The van der Waals surface area contributed by atoms with Crippen molar-refractivity contribution in [2.75, 3.05) is 0 Å². The van der Waals surface area contributed by atoms with Crippen molar-refractivity contribution in [2.45, 2.75) is 38.0 Å². The highest BCUT2D eigenvalue weighted by molar-refractivity contribution is 6.13.